The zero-order chi connectivity index (χ0) is 19.2. The smallest absolute Gasteiger partial charge is 0.257 e. The molecule has 1 aliphatic rings. The van der Waals surface area contributed by atoms with E-state index in [1.54, 1.807) is 36.4 Å². The SMILES string of the molecule is CC1CCN(C(=O)c2cccc(NC(=S)NC(=O)c3ccccc3)c2)CC1. The molecule has 2 amide bonds. The number of carbonyl (C=O) groups is 2. The minimum Gasteiger partial charge on any atom is -0.339 e. The van der Waals surface area contributed by atoms with Gasteiger partial charge >= 0.3 is 0 Å². The highest BCUT2D eigenvalue weighted by Gasteiger charge is 2.21. The van der Waals surface area contributed by atoms with Crippen LogP contribution in [0.5, 0.6) is 0 Å². The van der Waals surface area contributed by atoms with Crippen LogP contribution < -0.4 is 10.6 Å². The van der Waals surface area contributed by atoms with Gasteiger partial charge in [-0.3, -0.25) is 14.9 Å². The Kier molecular flexibility index (Phi) is 6.19. The fraction of sp³-hybridized carbons (Fsp3) is 0.286. The predicted molar refractivity (Wildman–Crippen MR) is 111 cm³/mol. The van der Waals surface area contributed by atoms with E-state index in [9.17, 15) is 9.59 Å². The lowest BCUT2D eigenvalue weighted by molar-refractivity contribution is 0.0697. The first kappa shape index (κ1) is 19.0. The van der Waals surface area contributed by atoms with Crippen LogP contribution in [0.15, 0.2) is 54.6 Å². The summed E-state index contributed by atoms with van der Waals surface area (Å²) < 4.78 is 0. The molecule has 0 atom stereocenters. The second kappa shape index (κ2) is 8.77. The summed E-state index contributed by atoms with van der Waals surface area (Å²) in [6.45, 7) is 3.81. The number of nitrogens with zero attached hydrogens (tertiary/aromatic N) is 1. The van der Waals surface area contributed by atoms with Gasteiger partial charge in [-0.05, 0) is 61.3 Å². The average Bonchev–Trinajstić information content (AvgIpc) is 2.69. The third kappa shape index (κ3) is 5.14. The maximum Gasteiger partial charge on any atom is 0.257 e. The molecule has 2 aromatic carbocycles. The average molecular weight is 382 g/mol. The van der Waals surface area contributed by atoms with Crippen molar-refractivity contribution in [2.24, 2.45) is 5.92 Å². The first-order chi connectivity index (χ1) is 13.0. The van der Waals surface area contributed by atoms with Gasteiger partial charge in [0.25, 0.3) is 11.8 Å². The van der Waals surface area contributed by atoms with Crippen LogP contribution in [0.4, 0.5) is 5.69 Å². The maximum atomic E-state index is 12.7. The van der Waals surface area contributed by atoms with Crippen molar-refractivity contribution in [2.45, 2.75) is 19.8 Å². The van der Waals surface area contributed by atoms with Crippen LogP contribution in [-0.4, -0.2) is 34.9 Å². The van der Waals surface area contributed by atoms with Crippen LogP contribution in [0, 0.1) is 5.92 Å². The van der Waals surface area contributed by atoms with Crippen LogP contribution in [0.2, 0.25) is 0 Å². The van der Waals surface area contributed by atoms with E-state index in [1.165, 1.54) is 0 Å². The summed E-state index contributed by atoms with van der Waals surface area (Å²) in [5.74, 6) is 0.431. The Morgan fingerprint density at radius 1 is 1.00 bits per heavy atom. The van der Waals surface area contributed by atoms with Crippen molar-refractivity contribution >= 4 is 34.8 Å². The van der Waals surface area contributed by atoms with E-state index < -0.39 is 0 Å². The van der Waals surface area contributed by atoms with Crippen LogP contribution in [-0.2, 0) is 0 Å². The maximum absolute atomic E-state index is 12.7. The van der Waals surface area contributed by atoms with Gasteiger partial charge in [0.1, 0.15) is 0 Å². The number of nitrogens with one attached hydrogen (secondary N) is 2. The number of anilines is 1. The molecule has 6 heteroatoms. The molecule has 0 saturated carbocycles. The second-order valence-electron chi connectivity index (χ2n) is 6.83. The van der Waals surface area contributed by atoms with Crippen molar-refractivity contribution < 1.29 is 9.59 Å². The fourth-order valence-electron chi connectivity index (χ4n) is 3.05. The second-order valence-corrected chi connectivity index (χ2v) is 7.24. The predicted octanol–water partition coefficient (Wildman–Crippen LogP) is 3.69. The van der Waals surface area contributed by atoms with Gasteiger partial charge in [0, 0.05) is 29.9 Å². The highest BCUT2D eigenvalue weighted by molar-refractivity contribution is 7.80. The molecule has 0 aromatic heterocycles. The molecule has 2 aromatic rings. The molecule has 0 bridgehead atoms. The number of thiocarbonyl (C=S) groups is 1. The van der Waals surface area contributed by atoms with E-state index in [4.69, 9.17) is 12.2 Å². The molecule has 2 N–H and O–H groups in total. The lowest BCUT2D eigenvalue weighted by atomic mass is 9.98. The van der Waals surface area contributed by atoms with Gasteiger partial charge in [-0.15, -0.1) is 0 Å². The van der Waals surface area contributed by atoms with Gasteiger partial charge in [-0.25, -0.2) is 0 Å². The zero-order valence-corrected chi connectivity index (χ0v) is 16.1. The van der Waals surface area contributed by atoms with Crippen LogP contribution in [0.1, 0.15) is 40.5 Å². The van der Waals surface area contributed by atoms with Crippen molar-refractivity contribution in [1.82, 2.24) is 10.2 Å². The number of piperidine rings is 1. The van der Waals surface area contributed by atoms with Crippen LogP contribution in [0.25, 0.3) is 0 Å². The molecule has 5 nitrogen and oxygen atoms in total. The van der Waals surface area contributed by atoms with Crippen molar-refractivity contribution in [2.75, 3.05) is 18.4 Å². The molecule has 0 spiro atoms. The van der Waals surface area contributed by atoms with E-state index in [0.717, 1.165) is 25.9 Å². The van der Waals surface area contributed by atoms with Crippen molar-refractivity contribution in [3.8, 4) is 0 Å². The van der Waals surface area contributed by atoms with Gasteiger partial charge in [-0.2, -0.15) is 0 Å². The summed E-state index contributed by atoms with van der Waals surface area (Å²) in [5.41, 5.74) is 1.82. The first-order valence-corrected chi connectivity index (χ1v) is 9.50. The van der Waals surface area contributed by atoms with Crippen molar-refractivity contribution in [3.05, 3.63) is 65.7 Å². The van der Waals surface area contributed by atoms with Gasteiger partial charge in [0.2, 0.25) is 0 Å². The molecule has 27 heavy (non-hydrogen) atoms. The van der Waals surface area contributed by atoms with Crippen LogP contribution in [0.3, 0.4) is 0 Å². The monoisotopic (exact) mass is 381 g/mol. The fourth-order valence-corrected chi connectivity index (χ4v) is 3.26. The molecule has 0 radical (unpaired) electrons. The number of likely N-dealkylation sites (tertiary alicyclic amines) is 1. The standard InChI is InChI=1S/C21H23N3O2S/c1-15-10-12-24(13-11-15)20(26)17-8-5-9-18(14-17)22-21(27)23-19(25)16-6-3-2-4-7-16/h2-9,14-15H,10-13H2,1H3,(H2,22,23,25,27). The van der Waals surface area contributed by atoms with E-state index in [0.29, 0.717) is 22.7 Å². The zero-order valence-electron chi connectivity index (χ0n) is 15.3. The molecular formula is C21H23N3O2S. The van der Waals surface area contributed by atoms with Gasteiger partial charge < -0.3 is 10.2 Å². The summed E-state index contributed by atoms with van der Waals surface area (Å²) in [5, 5.41) is 5.82. The van der Waals surface area contributed by atoms with Gasteiger partial charge in [-0.1, -0.05) is 31.2 Å². The van der Waals surface area contributed by atoms with E-state index in [1.807, 2.05) is 23.1 Å². The van der Waals surface area contributed by atoms with Crippen molar-refractivity contribution in [3.63, 3.8) is 0 Å². The van der Waals surface area contributed by atoms with E-state index >= 15 is 0 Å². The highest BCUT2D eigenvalue weighted by Crippen LogP contribution is 2.19. The van der Waals surface area contributed by atoms with E-state index in [2.05, 4.69) is 17.6 Å². The number of benzene rings is 2. The highest BCUT2D eigenvalue weighted by atomic mass is 32.1. The minimum absolute atomic E-state index is 0.0322. The summed E-state index contributed by atoms with van der Waals surface area (Å²) in [7, 11) is 0. The summed E-state index contributed by atoms with van der Waals surface area (Å²) >= 11 is 5.22. The number of hydrogen-bond acceptors (Lipinski definition) is 3. The largest absolute Gasteiger partial charge is 0.339 e. The Morgan fingerprint density at radius 3 is 2.37 bits per heavy atom. The van der Waals surface area contributed by atoms with Gasteiger partial charge in [0.15, 0.2) is 5.11 Å². The Hall–Kier alpha value is -2.73. The molecule has 1 heterocycles. The Morgan fingerprint density at radius 2 is 1.67 bits per heavy atom. The number of rotatable bonds is 3. The molecule has 1 saturated heterocycles. The normalized spacial score (nSPS) is 14.5. The van der Waals surface area contributed by atoms with E-state index in [-0.39, 0.29) is 16.9 Å². The molecule has 0 aliphatic carbocycles. The molecule has 3 rings (SSSR count). The third-order valence-electron chi connectivity index (χ3n) is 4.70. The molecule has 1 fully saturated rings. The Bertz CT molecular complexity index is 830. The summed E-state index contributed by atoms with van der Waals surface area (Å²) in [4.78, 5) is 26.8. The Balaban J connectivity index is 1.61. The Labute approximate surface area is 164 Å². The lowest BCUT2D eigenvalue weighted by Gasteiger charge is -2.30. The number of amides is 2. The molecular weight excluding hydrogens is 358 g/mol. The quantitative estimate of drug-likeness (QED) is 0.796. The molecule has 140 valence electrons. The number of carbonyl (C=O) groups excluding carboxylic acids is 2. The lowest BCUT2D eigenvalue weighted by Crippen LogP contribution is -2.38. The molecule has 1 aliphatic heterocycles. The first-order valence-electron chi connectivity index (χ1n) is 9.09. The summed E-state index contributed by atoms with van der Waals surface area (Å²) in [6.07, 6.45) is 2.08. The topological polar surface area (TPSA) is 61.4 Å². The molecule has 0 unspecified atom stereocenters. The minimum atomic E-state index is -0.275. The number of hydrogen-bond donors (Lipinski definition) is 2. The van der Waals surface area contributed by atoms with Crippen molar-refractivity contribution in [1.29, 1.82) is 0 Å². The summed E-state index contributed by atoms with van der Waals surface area (Å²) in [6, 6.07) is 16.1. The van der Waals surface area contributed by atoms with Gasteiger partial charge in [0.05, 0.1) is 0 Å². The third-order valence-corrected chi connectivity index (χ3v) is 4.91. The van der Waals surface area contributed by atoms with Crippen LogP contribution >= 0.6 is 12.2 Å².